The van der Waals surface area contributed by atoms with Gasteiger partial charge in [0.05, 0.1) is 17.2 Å². The summed E-state index contributed by atoms with van der Waals surface area (Å²) in [5, 5.41) is 26.7. The third kappa shape index (κ3) is 3.99. The number of aromatic nitrogens is 3. The number of nitrogens with two attached hydrogens (primary N) is 1. The number of hydrogen-bond donors (Lipinski definition) is 4. The summed E-state index contributed by atoms with van der Waals surface area (Å²) in [6, 6.07) is 17.4. The van der Waals surface area contributed by atoms with Crippen LogP contribution in [0.15, 0.2) is 65.8 Å². The van der Waals surface area contributed by atoms with Gasteiger partial charge in [0.2, 0.25) is 0 Å². The fourth-order valence-electron chi connectivity index (χ4n) is 3.79. The summed E-state index contributed by atoms with van der Waals surface area (Å²) in [4.78, 5) is 22.8. The van der Waals surface area contributed by atoms with Gasteiger partial charge in [-0.25, -0.2) is 9.97 Å². The highest BCUT2D eigenvalue weighted by Gasteiger charge is 2.24. The SMILES string of the molecule is Cc1ccc(C)c(NC(=O)c2c(N)n(N=Cc3ccc(O)c(O)c3)c3nc4ccccc4nc23)c1. The summed E-state index contributed by atoms with van der Waals surface area (Å²) in [5.74, 6) is -0.881. The molecule has 35 heavy (non-hydrogen) atoms. The Kier molecular flexibility index (Phi) is 5.29. The number of anilines is 2. The maximum absolute atomic E-state index is 13.4. The number of phenols is 2. The fourth-order valence-corrected chi connectivity index (χ4v) is 3.79. The highest BCUT2D eigenvalue weighted by atomic mass is 16.3. The summed E-state index contributed by atoms with van der Waals surface area (Å²) in [6.45, 7) is 3.86. The van der Waals surface area contributed by atoms with Crippen LogP contribution in [0.25, 0.3) is 22.2 Å². The van der Waals surface area contributed by atoms with E-state index in [9.17, 15) is 15.0 Å². The van der Waals surface area contributed by atoms with Gasteiger partial charge >= 0.3 is 0 Å². The number of fused-ring (bicyclic) bond motifs is 2. The van der Waals surface area contributed by atoms with E-state index in [1.807, 2.05) is 56.3 Å². The minimum Gasteiger partial charge on any atom is -0.504 e. The van der Waals surface area contributed by atoms with Crippen molar-refractivity contribution >= 4 is 45.8 Å². The van der Waals surface area contributed by atoms with E-state index in [0.29, 0.717) is 33.4 Å². The second kappa shape index (κ2) is 8.45. The number of nitrogens with zero attached hydrogens (tertiary/aromatic N) is 4. The summed E-state index contributed by atoms with van der Waals surface area (Å²) in [7, 11) is 0. The summed E-state index contributed by atoms with van der Waals surface area (Å²) >= 11 is 0. The van der Waals surface area contributed by atoms with Crippen molar-refractivity contribution in [1.82, 2.24) is 14.6 Å². The number of rotatable bonds is 4. The Hall–Kier alpha value is -4.92. The molecule has 0 spiro atoms. The van der Waals surface area contributed by atoms with E-state index in [1.54, 1.807) is 6.07 Å². The van der Waals surface area contributed by atoms with E-state index in [4.69, 9.17) is 5.73 Å². The van der Waals surface area contributed by atoms with Crippen LogP contribution >= 0.6 is 0 Å². The molecular weight excluding hydrogens is 444 g/mol. The van der Waals surface area contributed by atoms with Gasteiger partial charge in [-0.15, -0.1) is 0 Å². The van der Waals surface area contributed by atoms with Crippen LogP contribution in [0.2, 0.25) is 0 Å². The third-order valence-corrected chi connectivity index (χ3v) is 5.66. The first-order chi connectivity index (χ1) is 16.8. The van der Waals surface area contributed by atoms with Crippen molar-refractivity contribution in [2.24, 2.45) is 5.10 Å². The van der Waals surface area contributed by atoms with Crippen LogP contribution in [0.3, 0.4) is 0 Å². The molecule has 0 aliphatic carbocycles. The van der Waals surface area contributed by atoms with Crippen LogP contribution in [0, 0.1) is 13.8 Å². The van der Waals surface area contributed by atoms with E-state index in [-0.39, 0.29) is 22.9 Å². The van der Waals surface area contributed by atoms with E-state index >= 15 is 0 Å². The molecule has 0 unspecified atom stereocenters. The van der Waals surface area contributed by atoms with Gasteiger partial charge in [0.25, 0.3) is 5.91 Å². The molecule has 0 aliphatic heterocycles. The number of para-hydroxylation sites is 2. The molecule has 5 rings (SSSR count). The molecule has 5 aromatic rings. The standard InChI is InChI=1S/C26H22N6O3/c1-14-7-8-15(2)19(11-14)31-26(35)22-23-25(30-18-6-4-3-5-17(18)29-23)32(24(22)27)28-13-16-9-10-20(33)21(34)12-16/h3-13,33-34H,27H2,1-2H3,(H,31,35). The molecule has 5 N–H and O–H groups in total. The van der Waals surface area contributed by atoms with Gasteiger partial charge < -0.3 is 21.3 Å². The number of phenolic OH excluding ortho intramolecular Hbond substituents is 2. The molecular formula is C26H22N6O3. The molecule has 0 bridgehead atoms. The second-order valence-corrected chi connectivity index (χ2v) is 8.22. The first-order valence-corrected chi connectivity index (χ1v) is 10.8. The number of amides is 1. The summed E-state index contributed by atoms with van der Waals surface area (Å²) in [5.41, 5.74) is 11.6. The molecule has 2 heterocycles. The average molecular weight is 467 g/mol. The lowest BCUT2D eigenvalue weighted by Gasteiger charge is -2.09. The predicted octanol–water partition coefficient (Wildman–Crippen LogP) is 4.33. The Balaban J connectivity index is 1.67. The Morgan fingerprint density at radius 2 is 1.74 bits per heavy atom. The number of aromatic hydroxyl groups is 2. The predicted molar refractivity (Wildman–Crippen MR) is 136 cm³/mol. The quantitative estimate of drug-likeness (QED) is 0.230. The molecule has 3 aromatic carbocycles. The molecule has 9 heteroatoms. The number of nitrogens with one attached hydrogen (secondary N) is 1. The van der Waals surface area contributed by atoms with Crippen LogP contribution in [0.1, 0.15) is 27.0 Å². The lowest BCUT2D eigenvalue weighted by Crippen LogP contribution is -2.15. The third-order valence-electron chi connectivity index (χ3n) is 5.66. The van der Waals surface area contributed by atoms with Crippen molar-refractivity contribution in [3.8, 4) is 11.5 Å². The monoisotopic (exact) mass is 466 g/mol. The fraction of sp³-hybridized carbons (Fsp3) is 0.0769. The van der Waals surface area contributed by atoms with Crippen molar-refractivity contribution in [1.29, 1.82) is 0 Å². The lowest BCUT2D eigenvalue weighted by molar-refractivity contribution is 0.102. The Morgan fingerprint density at radius 1 is 1.00 bits per heavy atom. The number of carbonyl (C=O) groups excluding carboxylic acids is 1. The average Bonchev–Trinajstić information content (AvgIpc) is 3.10. The maximum Gasteiger partial charge on any atom is 0.261 e. The Morgan fingerprint density at radius 3 is 2.49 bits per heavy atom. The number of carbonyl (C=O) groups is 1. The summed E-state index contributed by atoms with van der Waals surface area (Å²) < 4.78 is 1.34. The Bertz CT molecular complexity index is 1650. The maximum atomic E-state index is 13.4. The molecule has 2 aromatic heterocycles. The van der Waals surface area contributed by atoms with Crippen molar-refractivity contribution < 1.29 is 15.0 Å². The van der Waals surface area contributed by atoms with E-state index in [0.717, 1.165) is 11.1 Å². The zero-order valence-electron chi connectivity index (χ0n) is 19.0. The number of hydrogen-bond acceptors (Lipinski definition) is 7. The van der Waals surface area contributed by atoms with Crippen molar-refractivity contribution in [3.63, 3.8) is 0 Å². The highest BCUT2D eigenvalue weighted by Crippen LogP contribution is 2.30. The zero-order chi connectivity index (χ0) is 24.7. The first kappa shape index (κ1) is 21.9. The largest absolute Gasteiger partial charge is 0.504 e. The molecule has 1 amide bonds. The van der Waals surface area contributed by atoms with Crippen LogP contribution in [0.5, 0.6) is 11.5 Å². The molecule has 0 atom stereocenters. The van der Waals surface area contributed by atoms with E-state index in [2.05, 4.69) is 20.4 Å². The van der Waals surface area contributed by atoms with Gasteiger partial charge in [-0.05, 0) is 66.9 Å². The number of benzene rings is 3. The number of nitrogen functional groups attached to an aromatic ring is 1. The lowest BCUT2D eigenvalue weighted by atomic mass is 10.1. The van der Waals surface area contributed by atoms with Gasteiger partial charge in [0.15, 0.2) is 17.1 Å². The van der Waals surface area contributed by atoms with Crippen molar-refractivity contribution in [2.75, 3.05) is 11.1 Å². The zero-order valence-corrected chi connectivity index (χ0v) is 19.0. The Labute approximate surface area is 200 Å². The molecule has 0 radical (unpaired) electrons. The van der Waals surface area contributed by atoms with Gasteiger partial charge in [-0.2, -0.15) is 9.78 Å². The van der Waals surface area contributed by atoms with Crippen LogP contribution in [-0.2, 0) is 0 Å². The smallest absolute Gasteiger partial charge is 0.261 e. The first-order valence-electron chi connectivity index (χ1n) is 10.8. The molecule has 9 nitrogen and oxygen atoms in total. The van der Waals surface area contributed by atoms with Crippen LogP contribution < -0.4 is 11.1 Å². The van der Waals surface area contributed by atoms with E-state index < -0.39 is 5.91 Å². The molecule has 174 valence electrons. The van der Waals surface area contributed by atoms with Gasteiger partial charge in [-0.1, -0.05) is 24.3 Å². The van der Waals surface area contributed by atoms with Crippen LogP contribution in [-0.4, -0.2) is 37.0 Å². The molecule has 0 saturated heterocycles. The van der Waals surface area contributed by atoms with Crippen LogP contribution in [0.4, 0.5) is 11.5 Å². The minimum atomic E-state index is -0.429. The van der Waals surface area contributed by atoms with Gasteiger partial charge in [0.1, 0.15) is 16.9 Å². The molecule has 0 saturated carbocycles. The minimum absolute atomic E-state index is 0.0670. The number of aryl methyl sites for hydroxylation is 2. The topological polar surface area (TPSA) is 139 Å². The van der Waals surface area contributed by atoms with Gasteiger partial charge in [0, 0.05) is 5.69 Å². The second-order valence-electron chi connectivity index (χ2n) is 8.22. The molecule has 0 aliphatic rings. The van der Waals surface area contributed by atoms with Gasteiger partial charge in [-0.3, -0.25) is 4.79 Å². The molecule has 0 fully saturated rings. The summed E-state index contributed by atoms with van der Waals surface area (Å²) in [6.07, 6.45) is 1.44. The van der Waals surface area contributed by atoms with Crippen molar-refractivity contribution in [2.45, 2.75) is 13.8 Å². The highest BCUT2D eigenvalue weighted by molar-refractivity contribution is 6.16. The van der Waals surface area contributed by atoms with Crippen molar-refractivity contribution in [3.05, 3.63) is 82.9 Å². The van der Waals surface area contributed by atoms with E-state index in [1.165, 1.54) is 23.0 Å². The normalized spacial score (nSPS) is 11.5.